The van der Waals surface area contributed by atoms with Crippen LogP contribution in [-0.2, 0) is 17.6 Å². The van der Waals surface area contributed by atoms with Crippen LogP contribution in [0.4, 0.5) is 5.69 Å². The third kappa shape index (κ3) is 5.06. The fourth-order valence-electron chi connectivity index (χ4n) is 4.50. The number of nitrogens with one attached hydrogen (secondary N) is 1. The number of carbonyl (C=O) groups excluding carboxylic acids is 2. The van der Waals surface area contributed by atoms with Gasteiger partial charge in [0.2, 0.25) is 5.91 Å². The van der Waals surface area contributed by atoms with Crippen molar-refractivity contribution in [3.8, 4) is 0 Å². The normalized spacial score (nSPS) is 18.3. The summed E-state index contributed by atoms with van der Waals surface area (Å²) in [5, 5.41) is 3.04. The number of nitrogens with zero attached hydrogens (tertiary/aromatic N) is 1. The largest absolute Gasteiger partial charge is 0.371 e. The van der Waals surface area contributed by atoms with Gasteiger partial charge in [0, 0.05) is 43.7 Å². The van der Waals surface area contributed by atoms with Crippen LogP contribution in [0.25, 0.3) is 0 Å². The molecule has 152 valence electrons. The van der Waals surface area contributed by atoms with Crippen molar-refractivity contribution < 1.29 is 9.59 Å². The lowest BCUT2D eigenvalue weighted by molar-refractivity contribution is -0.121. The molecule has 1 amide bonds. The molecule has 1 fully saturated rings. The van der Waals surface area contributed by atoms with Gasteiger partial charge in [-0.25, -0.2) is 0 Å². The van der Waals surface area contributed by atoms with E-state index in [1.165, 1.54) is 29.7 Å². The summed E-state index contributed by atoms with van der Waals surface area (Å²) in [6.07, 6.45) is 6.27. The number of rotatable bonds is 7. The predicted octanol–water partition coefficient (Wildman–Crippen LogP) is 4.17. The zero-order chi connectivity index (χ0) is 20.1. The van der Waals surface area contributed by atoms with Crippen molar-refractivity contribution >= 4 is 17.4 Å². The lowest BCUT2D eigenvalue weighted by Gasteiger charge is -2.18. The van der Waals surface area contributed by atoms with E-state index in [1.54, 1.807) is 0 Å². The Morgan fingerprint density at radius 3 is 2.59 bits per heavy atom. The van der Waals surface area contributed by atoms with Crippen LogP contribution in [0.5, 0.6) is 0 Å². The highest BCUT2D eigenvalue weighted by Gasteiger charge is 2.23. The van der Waals surface area contributed by atoms with Crippen molar-refractivity contribution in [1.82, 2.24) is 5.32 Å². The highest BCUT2D eigenvalue weighted by molar-refractivity contribution is 5.98. The number of Topliss-reactive ketones (excluding diaryl/α,β-unsaturated/α-hetero) is 1. The average molecular weight is 391 g/mol. The van der Waals surface area contributed by atoms with E-state index in [0.29, 0.717) is 12.5 Å². The molecular formula is C25H30N2O2. The number of carbonyl (C=O) groups is 2. The van der Waals surface area contributed by atoms with Crippen LogP contribution >= 0.6 is 0 Å². The quantitative estimate of drug-likeness (QED) is 0.722. The zero-order valence-corrected chi connectivity index (χ0v) is 17.0. The first-order chi connectivity index (χ1) is 14.2. The third-order valence-corrected chi connectivity index (χ3v) is 6.24. The highest BCUT2D eigenvalue weighted by Crippen LogP contribution is 2.24. The number of hydrogen-bond donors (Lipinski definition) is 1. The maximum atomic E-state index is 12.5. The van der Waals surface area contributed by atoms with Gasteiger partial charge in [0.15, 0.2) is 5.78 Å². The monoisotopic (exact) mass is 390 g/mol. The van der Waals surface area contributed by atoms with Gasteiger partial charge in [-0.2, -0.15) is 0 Å². The lowest BCUT2D eigenvalue weighted by atomic mass is 9.89. The Bertz CT molecular complexity index is 862. The molecule has 1 atom stereocenters. The number of amides is 1. The molecule has 0 radical (unpaired) electrons. The van der Waals surface area contributed by atoms with Crippen LogP contribution < -0.4 is 10.2 Å². The molecule has 0 saturated carbocycles. The summed E-state index contributed by atoms with van der Waals surface area (Å²) in [6, 6.07) is 16.5. The topological polar surface area (TPSA) is 49.4 Å². The second-order valence-electron chi connectivity index (χ2n) is 8.35. The molecule has 2 aromatic rings. The zero-order valence-electron chi connectivity index (χ0n) is 17.0. The lowest BCUT2D eigenvalue weighted by Crippen LogP contribution is -2.31. The Kier molecular flexibility index (Phi) is 6.28. The van der Waals surface area contributed by atoms with Gasteiger partial charge in [-0.3, -0.25) is 9.59 Å². The van der Waals surface area contributed by atoms with Crippen LogP contribution in [0.2, 0.25) is 0 Å². The van der Waals surface area contributed by atoms with E-state index in [0.717, 1.165) is 37.9 Å². The van der Waals surface area contributed by atoms with Crippen molar-refractivity contribution in [1.29, 1.82) is 0 Å². The van der Waals surface area contributed by atoms with Gasteiger partial charge in [-0.1, -0.05) is 30.3 Å². The molecule has 0 bridgehead atoms. The molecule has 0 aromatic heterocycles. The third-order valence-electron chi connectivity index (χ3n) is 6.24. The van der Waals surface area contributed by atoms with Crippen molar-refractivity contribution in [3.05, 3.63) is 65.2 Å². The van der Waals surface area contributed by atoms with Gasteiger partial charge in [0.05, 0.1) is 0 Å². The highest BCUT2D eigenvalue weighted by atomic mass is 16.2. The van der Waals surface area contributed by atoms with E-state index >= 15 is 0 Å². The summed E-state index contributed by atoms with van der Waals surface area (Å²) >= 11 is 0. The minimum absolute atomic E-state index is 0.0190. The number of hydrogen-bond acceptors (Lipinski definition) is 3. The van der Waals surface area contributed by atoms with Crippen LogP contribution in [0.3, 0.4) is 0 Å². The summed E-state index contributed by atoms with van der Waals surface area (Å²) in [4.78, 5) is 27.1. The van der Waals surface area contributed by atoms with E-state index in [-0.39, 0.29) is 24.5 Å². The molecule has 4 rings (SSSR count). The van der Waals surface area contributed by atoms with E-state index in [4.69, 9.17) is 0 Å². The van der Waals surface area contributed by atoms with E-state index < -0.39 is 0 Å². The van der Waals surface area contributed by atoms with Gasteiger partial charge in [-0.15, -0.1) is 0 Å². The van der Waals surface area contributed by atoms with E-state index in [1.807, 2.05) is 18.2 Å². The number of benzene rings is 2. The maximum absolute atomic E-state index is 12.5. The Morgan fingerprint density at radius 1 is 0.966 bits per heavy atom. The van der Waals surface area contributed by atoms with Gasteiger partial charge < -0.3 is 10.2 Å². The summed E-state index contributed by atoms with van der Waals surface area (Å²) < 4.78 is 0. The second kappa shape index (κ2) is 9.25. The van der Waals surface area contributed by atoms with Crippen molar-refractivity contribution in [2.45, 2.75) is 44.9 Å². The standard InChI is InChI=1S/C25H30N2O2/c28-24(22-11-10-20-6-4-5-7-21(20)16-22)12-13-25(29)26-17-19-14-15-27(18-19)23-8-2-1-3-9-23/h1-3,8-11,16,19H,4-7,12-15,17-18H2,(H,26,29). The summed E-state index contributed by atoms with van der Waals surface area (Å²) in [6.45, 7) is 2.69. The van der Waals surface area contributed by atoms with Crippen molar-refractivity contribution in [2.75, 3.05) is 24.5 Å². The number of anilines is 1. The van der Waals surface area contributed by atoms with Crippen molar-refractivity contribution in [3.63, 3.8) is 0 Å². The molecule has 1 unspecified atom stereocenters. The Labute approximate surface area is 173 Å². The van der Waals surface area contributed by atoms with Gasteiger partial charge in [-0.05, 0) is 67.3 Å². The summed E-state index contributed by atoms with van der Waals surface area (Å²) in [5.74, 6) is 0.523. The molecule has 2 aromatic carbocycles. The fraction of sp³-hybridized carbons (Fsp3) is 0.440. The van der Waals surface area contributed by atoms with Gasteiger partial charge >= 0.3 is 0 Å². The molecule has 1 saturated heterocycles. The predicted molar refractivity (Wildman–Crippen MR) is 116 cm³/mol. The van der Waals surface area contributed by atoms with Crippen LogP contribution in [0.15, 0.2) is 48.5 Å². The number of fused-ring (bicyclic) bond motifs is 1. The first-order valence-electron chi connectivity index (χ1n) is 10.9. The summed E-state index contributed by atoms with van der Waals surface area (Å²) in [7, 11) is 0. The minimum Gasteiger partial charge on any atom is -0.371 e. The molecule has 1 aliphatic carbocycles. The molecule has 29 heavy (non-hydrogen) atoms. The number of aryl methyl sites for hydroxylation is 2. The number of para-hydroxylation sites is 1. The van der Waals surface area contributed by atoms with Gasteiger partial charge in [0.1, 0.15) is 0 Å². The molecule has 1 N–H and O–H groups in total. The first kappa shape index (κ1) is 19.7. The Morgan fingerprint density at radius 2 is 1.76 bits per heavy atom. The molecule has 0 spiro atoms. The first-order valence-corrected chi connectivity index (χ1v) is 10.9. The molecule has 1 heterocycles. The Balaban J connectivity index is 1.20. The van der Waals surface area contributed by atoms with Crippen LogP contribution in [0.1, 0.15) is 53.6 Å². The average Bonchev–Trinajstić information content (AvgIpc) is 3.25. The Hall–Kier alpha value is -2.62. The maximum Gasteiger partial charge on any atom is 0.220 e. The molecule has 4 nitrogen and oxygen atoms in total. The van der Waals surface area contributed by atoms with Crippen LogP contribution in [0, 0.1) is 5.92 Å². The smallest absolute Gasteiger partial charge is 0.220 e. The SMILES string of the molecule is O=C(CCC(=O)c1ccc2c(c1)CCCC2)NCC1CCN(c2ccccc2)C1. The molecule has 1 aliphatic heterocycles. The van der Waals surface area contributed by atoms with Gasteiger partial charge in [0.25, 0.3) is 0 Å². The molecule has 4 heteroatoms. The molecular weight excluding hydrogens is 360 g/mol. The van der Waals surface area contributed by atoms with E-state index in [2.05, 4.69) is 40.5 Å². The summed E-state index contributed by atoms with van der Waals surface area (Å²) in [5.41, 5.74) is 4.70. The minimum atomic E-state index is -0.0190. The van der Waals surface area contributed by atoms with Crippen LogP contribution in [-0.4, -0.2) is 31.3 Å². The second-order valence-corrected chi connectivity index (χ2v) is 8.35. The fourth-order valence-corrected chi connectivity index (χ4v) is 4.50. The van der Waals surface area contributed by atoms with E-state index in [9.17, 15) is 9.59 Å². The number of ketones is 1. The molecule has 2 aliphatic rings. The van der Waals surface area contributed by atoms with Crippen molar-refractivity contribution in [2.24, 2.45) is 5.92 Å².